The van der Waals surface area contributed by atoms with Crippen molar-refractivity contribution in [1.82, 2.24) is 9.88 Å². The van der Waals surface area contributed by atoms with E-state index in [0.717, 1.165) is 65.1 Å². The molecule has 4 rings (SSSR count). The quantitative estimate of drug-likeness (QED) is 0.563. The van der Waals surface area contributed by atoms with Gasteiger partial charge in [0, 0.05) is 31.2 Å². The topological polar surface area (TPSA) is 45.7 Å². The molecule has 148 valence electrons. The molecule has 0 N–H and O–H groups in total. The molecule has 1 aromatic carbocycles. The van der Waals surface area contributed by atoms with Crippen molar-refractivity contribution >= 4 is 55.5 Å². The van der Waals surface area contributed by atoms with E-state index in [1.165, 1.54) is 11.3 Å². The van der Waals surface area contributed by atoms with Gasteiger partial charge < -0.3 is 4.74 Å². The summed E-state index contributed by atoms with van der Waals surface area (Å²) in [5.41, 5.74) is 1.84. The second-order valence-corrected chi connectivity index (χ2v) is 9.12. The van der Waals surface area contributed by atoms with E-state index >= 15 is 0 Å². The number of carbonyl (C=O) groups excluding carboxylic acids is 1. The zero-order valence-electron chi connectivity index (χ0n) is 15.7. The van der Waals surface area contributed by atoms with Gasteiger partial charge in [-0.05, 0) is 42.5 Å². The summed E-state index contributed by atoms with van der Waals surface area (Å²) in [6, 6.07) is 7.65. The number of anilines is 1. The number of amides is 1. The minimum Gasteiger partial charge on any atom is -0.379 e. The summed E-state index contributed by atoms with van der Waals surface area (Å²) in [6.45, 7) is 7.05. The van der Waals surface area contributed by atoms with Gasteiger partial charge in [-0.2, -0.15) is 0 Å². The first-order valence-electron chi connectivity index (χ1n) is 9.34. The van der Waals surface area contributed by atoms with Gasteiger partial charge in [0.05, 0.1) is 28.3 Å². The first-order chi connectivity index (χ1) is 13.6. The number of carbonyl (C=O) groups is 1. The number of thiazole rings is 1. The number of benzene rings is 1. The van der Waals surface area contributed by atoms with Crippen molar-refractivity contribution in [2.75, 3.05) is 44.3 Å². The minimum absolute atomic E-state index is 0.0137. The van der Waals surface area contributed by atoms with Crippen molar-refractivity contribution in [2.24, 2.45) is 0 Å². The van der Waals surface area contributed by atoms with Crippen LogP contribution in [-0.2, 0) is 4.74 Å². The number of halogens is 1. The molecule has 3 heterocycles. The summed E-state index contributed by atoms with van der Waals surface area (Å²) in [4.78, 5) is 22.9. The maximum Gasteiger partial charge on any atom is 0.270 e. The summed E-state index contributed by atoms with van der Waals surface area (Å²) in [7, 11) is 0. The molecule has 0 bridgehead atoms. The summed E-state index contributed by atoms with van der Waals surface area (Å²) in [5.74, 6) is 0.0137. The Morgan fingerprint density at radius 1 is 1.32 bits per heavy atom. The number of ether oxygens (including phenoxy) is 1. The van der Waals surface area contributed by atoms with Crippen LogP contribution in [0.2, 0.25) is 5.02 Å². The third-order valence-electron chi connectivity index (χ3n) is 4.90. The molecule has 0 atom stereocenters. The Balaban J connectivity index is 1.57. The SMILES string of the molecule is Cc1c(Cl)ccc2sc(N(CCCN3CCOCC3)C(=O)c3cccs3)nc12. The number of morpholine rings is 1. The van der Waals surface area contributed by atoms with Gasteiger partial charge in [-0.3, -0.25) is 14.6 Å². The molecule has 0 radical (unpaired) electrons. The van der Waals surface area contributed by atoms with E-state index in [1.54, 1.807) is 11.3 Å². The number of nitrogens with zero attached hydrogens (tertiary/aromatic N) is 3. The van der Waals surface area contributed by atoms with Crippen molar-refractivity contribution < 1.29 is 9.53 Å². The highest BCUT2D eigenvalue weighted by molar-refractivity contribution is 7.22. The van der Waals surface area contributed by atoms with Crippen LogP contribution in [0.3, 0.4) is 0 Å². The summed E-state index contributed by atoms with van der Waals surface area (Å²) < 4.78 is 6.46. The Hall–Kier alpha value is -1.51. The van der Waals surface area contributed by atoms with Crippen molar-refractivity contribution in [1.29, 1.82) is 0 Å². The highest BCUT2D eigenvalue weighted by Crippen LogP contribution is 2.34. The van der Waals surface area contributed by atoms with Crippen LogP contribution >= 0.6 is 34.3 Å². The second kappa shape index (κ2) is 8.88. The Morgan fingerprint density at radius 3 is 2.89 bits per heavy atom. The molecule has 8 heteroatoms. The standard InChI is InChI=1S/C20H22ClN3O2S2/c1-14-15(21)5-6-16-18(14)22-20(28-16)24(19(25)17-4-2-13-27-17)8-3-7-23-9-11-26-12-10-23/h2,4-6,13H,3,7-12H2,1H3. The smallest absolute Gasteiger partial charge is 0.270 e. The lowest BCUT2D eigenvalue weighted by Crippen LogP contribution is -2.39. The van der Waals surface area contributed by atoms with Crippen LogP contribution in [0.25, 0.3) is 10.2 Å². The van der Waals surface area contributed by atoms with Crippen molar-refractivity contribution in [3.63, 3.8) is 0 Å². The number of aryl methyl sites for hydroxylation is 1. The highest BCUT2D eigenvalue weighted by Gasteiger charge is 2.23. The lowest BCUT2D eigenvalue weighted by atomic mass is 10.2. The molecule has 3 aromatic rings. The molecule has 28 heavy (non-hydrogen) atoms. The molecule has 5 nitrogen and oxygen atoms in total. The number of hydrogen-bond donors (Lipinski definition) is 0. The molecule has 2 aromatic heterocycles. The maximum absolute atomic E-state index is 13.2. The number of thiophene rings is 1. The number of hydrogen-bond acceptors (Lipinski definition) is 6. The normalized spacial score (nSPS) is 15.2. The van der Waals surface area contributed by atoms with Crippen LogP contribution < -0.4 is 4.90 Å². The Kier molecular flexibility index (Phi) is 6.28. The summed E-state index contributed by atoms with van der Waals surface area (Å²) in [5, 5.41) is 3.37. The molecule has 1 fully saturated rings. The Bertz CT molecular complexity index is 952. The van der Waals surface area contributed by atoms with Crippen LogP contribution in [0, 0.1) is 6.92 Å². The zero-order chi connectivity index (χ0) is 19.5. The Morgan fingerprint density at radius 2 is 2.14 bits per heavy atom. The van der Waals surface area contributed by atoms with E-state index < -0.39 is 0 Å². The lowest BCUT2D eigenvalue weighted by molar-refractivity contribution is 0.0376. The predicted octanol–water partition coefficient (Wildman–Crippen LogP) is 4.69. The molecule has 1 aliphatic rings. The van der Waals surface area contributed by atoms with Crippen molar-refractivity contribution in [2.45, 2.75) is 13.3 Å². The van der Waals surface area contributed by atoms with Crippen LogP contribution in [-0.4, -0.2) is 55.2 Å². The molecule has 0 unspecified atom stereocenters. The average Bonchev–Trinajstić information content (AvgIpc) is 3.39. The number of aromatic nitrogens is 1. The van der Waals surface area contributed by atoms with E-state index in [0.29, 0.717) is 11.6 Å². The van der Waals surface area contributed by atoms with Gasteiger partial charge in [0.1, 0.15) is 0 Å². The minimum atomic E-state index is 0.0137. The second-order valence-electron chi connectivity index (χ2n) is 6.76. The molecule has 1 saturated heterocycles. The van der Waals surface area contributed by atoms with Crippen LogP contribution in [0.4, 0.5) is 5.13 Å². The van der Waals surface area contributed by atoms with E-state index in [9.17, 15) is 4.79 Å². The maximum atomic E-state index is 13.2. The number of rotatable bonds is 6. The average molecular weight is 436 g/mol. The highest BCUT2D eigenvalue weighted by atomic mass is 35.5. The molecule has 0 saturated carbocycles. The first-order valence-corrected chi connectivity index (χ1v) is 11.4. The van der Waals surface area contributed by atoms with E-state index in [-0.39, 0.29) is 5.91 Å². The predicted molar refractivity (Wildman–Crippen MR) is 117 cm³/mol. The van der Waals surface area contributed by atoms with Crippen molar-refractivity contribution in [3.8, 4) is 0 Å². The van der Waals surface area contributed by atoms with Gasteiger partial charge in [0.25, 0.3) is 5.91 Å². The van der Waals surface area contributed by atoms with Gasteiger partial charge in [-0.15, -0.1) is 11.3 Å². The molecule has 0 aliphatic carbocycles. The summed E-state index contributed by atoms with van der Waals surface area (Å²) >= 11 is 9.27. The zero-order valence-corrected chi connectivity index (χ0v) is 18.1. The third kappa shape index (κ3) is 4.23. The molecule has 1 amide bonds. The van der Waals surface area contributed by atoms with E-state index in [2.05, 4.69) is 4.90 Å². The van der Waals surface area contributed by atoms with Crippen molar-refractivity contribution in [3.05, 3.63) is 45.1 Å². The fraction of sp³-hybridized carbons (Fsp3) is 0.400. The lowest BCUT2D eigenvalue weighted by Gasteiger charge is -2.27. The number of fused-ring (bicyclic) bond motifs is 1. The van der Waals surface area contributed by atoms with E-state index in [4.69, 9.17) is 21.3 Å². The summed E-state index contributed by atoms with van der Waals surface area (Å²) in [6.07, 6.45) is 0.896. The van der Waals surface area contributed by atoms with Gasteiger partial charge in [0.15, 0.2) is 5.13 Å². The first kappa shape index (κ1) is 19.8. The molecular formula is C20H22ClN3O2S2. The van der Waals surface area contributed by atoms with Gasteiger partial charge in [-0.25, -0.2) is 4.98 Å². The molecular weight excluding hydrogens is 414 g/mol. The van der Waals surface area contributed by atoms with Gasteiger partial charge >= 0.3 is 0 Å². The van der Waals surface area contributed by atoms with Crippen LogP contribution in [0.5, 0.6) is 0 Å². The van der Waals surface area contributed by atoms with E-state index in [1.807, 2.05) is 41.5 Å². The molecule has 0 spiro atoms. The van der Waals surface area contributed by atoms with Crippen LogP contribution in [0.1, 0.15) is 21.7 Å². The third-order valence-corrected chi connectivity index (χ3v) is 7.22. The Labute approximate surface area is 177 Å². The largest absolute Gasteiger partial charge is 0.379 e. The van der Waals surface area contributed by atoms with Gasteiger partial charge in [-0.1, -0.05) is 29.0 Å². The fourth-order valence-electron chi connectivity index (χ4n) is 3.30. The van der Waals surface area contributed by atoms with Crippen LogP contribution in [0.15, 0.2) is 29.6 Å². The monoisotopic (exact) mass is 435 g/mol. The fourth-order valence-corrected chi connectivity index (χ4v) is 5.17. The molecule has 1 aliphatic heterocycles. The van der Waals surface area contributed by atoms with Gasteiger partial charge in [0.2, 0.25) is 0 Å².